The maximum atomic E-state index is 11.6. The molecule has 3 aromatic carbocycles. The number of thioether (sulfide) groups is 2. The molecule has 0 N–H and O–H groups in total. The molecule has 0 radical (unpaired) electrons. The Morgan fingerprint density at radius 1 is 0.680 bits per heavy atom. The van der Waals surface area contributed by atoms with Crippen LogP contribution in [0.4, 0.5) is 5.69 Å². The van der Waals surface area contributed by atoms with Crippen LogP contribution in [0.1, 0.15) is 22.3 Å². The van der Waals surface area contributed by atoms with E-state index in [1.54, 1.807) is 23.5 Å². The molecule has 0 atom stereocenters. The fourth-order valence-electron chi connectivity index (χ4n) is 3.33. The van der Waals surface area contributed by atoms with Crippen LogP contribution in [0.5, 0.6) is 0 Å². The lowest BCUT2D eigenvalue weighted by molar-refractivity contribution is -0.386. The van der Waals surface area contributed by atoms with Gasteiger partial charge in [-0.3, -0.25) is 10.1 Å². The number of fused-ring (bicyclic) bond motifs is 5. The van der Waals surface area contributed by atoms with Crippen molar-refractivity contribution in [3.63, 3.8) is 0 Å². The van der Waals surface area contributed by atoms with Crippen molar-refractivity contribution in [2.75, 3.05) is 0 Å². The quantitative estimate of drug-likeness (QED) is 0.395. The highest BCUT2D eigenvalue weighted by molar-refractivity contribution is 7.98. The van der Waals surface area contributed by atoms with E-state index in [4.69, 9.17) is 0 Å². The number of nitro benzene ring substituents is 1. The van der Waals surface area contributed by atoms with Crippen LogP contribution in [0.25, 0.3) is 10.8 Å². The summed E-state index contributed by atoms with van der Waals surface area (Å²) in [6, 6.07) is 18.7. The summed E-state index contributed by atoms with van der Waals surface area (Å²) in [5.41, 5.74) is 4.55. The molecule has 4 bridgehead atoms. The smallest absolute Gasteiger partial charge is 0.258 e. The summed E-state index contributed by atoms with van der Waals surface area (Å²) in [6.07, 6.45) is 0. The zero-order valence-electron chi connectivity index (χ0n) is 13.6. The van der Waals surface area contributed by atoms with E-state index < -0.39 is 0 Å². The van der Waals surface area contributed by atoms with Gasteiger partial charge in [-0.15, -0.1) is 0 Å². The SMILES string of the molecule is O=[N+]([O-])c1c2cccc1CSCc1ccc(c3ccccc13)CSC2. The van der Waals surface area contributed by atoms with E-state index in [-0.39, 0.29) is 4.92 Å². The van der Waals surface area contributed by atoms with Crippen LogP contribution in [-0.4, -0.2) is 4.92 Å². The summed E-state index contributed by atoms with van der Waals surface area (Å²) in [5.74, 6) is 3.03. The van der Waals surface area contributed by atoms with Crippen molar-refractivity contribution in [1.29, 1.82) is 0 Å². The molecule has 3 nitrogen and oxygen atoms in total. The summed E-state index contributed by atoms with van der Waals surface area (Å²) in [5, 5.41) is 14.2. The fourth-order valence-corrected chi connectivity index (χ4v) is 5.38. The molecule has 0 aliphatic carbocycles. The third-order valence-corrected chi connectivity index (χ3v) is 6.58. The fraction of sp³-hybridized carbons (Fsp3) is 0.200. The first-order chi connectivity index (χ1) is 12.2. The molecule has 25 heavy (non-hydrogen) atoms. The normalized spacial score (nSPS) is 14.6. The van der Waals surface area contributed by atoms with Crippen molar-refractivity contribution in [2.24, 2.45) is 0 Å². The van der Waals surface area contributed by atoms with Crippen LogP contribution in [-0.2, 0) is 23.0 Å². The van der Waals surface area contributed by atoms with Gasteiger partial charge in [0.15, 0.2) is 0 Å². The predicted molar refractivity (Wildman–Crippen MR) is 107 cm³/mol. The highest BCUT2D eigenvalue weighted by atomic mass is 32.2. The number of benzene rings is 3. The highest BCUT2D eigenvalue weighted by Gasteiger charge is 2.20. The second kappa shape index (κ2) is 7.10. The van der Waals surface area contributed by atoms with Crippen molar-refractivity contribution >= 4 is 40.0 Å². The zero-order valence-corrected chi connectivity index (χ0v) is 15.2. The third-order valence-electron chi connectivity index (χ3n) is 4.52. The number of rotatable bonds is 1. The zero-order chi connectivity index (χ0) is 17.2. The minimum Gasteiger partial charge on any atom is -0.258 e. The maximum Gasteiger partial charge on any atom is 0.277 e. The van der Waals surface area contributed by atoms with Gasteiger partial charge in [-0.2, -0.15) is 23.5 Å². The molecule has 5 heteroatoms. The standard InChI is InChI=1S/C20H17NO2S2/c22-21(23)20-16-4-3-5-17(20)13-25-11-15-9-8-14(10-24-12-16)18-6-1-2-7-19(15)18/h1-9H,10-13H2. The van der Waals surface area contributed by atoms with Crippen LogP contribution in [0.15, 0.2) is 54.6 Å². The third kappa shape index (κ3) is 3.26. The number of nitrogens with zero attached hydrogens (tertiary/aromatic N) is 1. The number of para-hydroxylation sites is 1. The summed E-state index contributed by atoms with van der Waals surface area (Å²) in [6.45, 7) is 0. The topological polar surface area (TPSA) is 43.1 Å². The van der Waals surface area contributed by atoms with E-state index in [0.717, 1.165) is 22.6 Å². The van der Waals surface area contributed by atoms with Crippen LogP contribution < -0.4 is 0 Å². The van der Waals surface area contributed by atoms with Crippen LogP contribution in [0, 0.1) is 10.1 Å². The summed E-state index contributed by atoms with van der Waals surface area (Å²) in [7, 11) is 0. The Bertz CT molecular complexity index is 889. The lowest BCUT2D eigenvalue weighted by Gasteiger charge is -2.10. The average molecular weight is 367 g/mol. The van der Waals surface area contributed by atoms with E-state index in [2.05, 4.69) is 36.4 Å². The van der Waals surface area contributed by atoms with Crippen LogP contribution >= 0.6 is 23.5 Å². The Hall–Kier alpha value is -1.98. The van der Waals surface area contributed by atoms with Gasteiger partial charge in [-0.1, -0.05) is 54.6 Å². The van der Waals surface area contributed by atoms with Gasteiger partial charge in [-0.05, 0) is 21.9 Å². The van der Waals surface area contributed by atoms with Gasteiger partial charge < -0.3 is 0 Å². The molecular formula is C20H17NO2S2. The van der Waals surface area contributed by atoms with Crippen LogP contribution in [0.2, 0.25) is 0 Å². The molecule has 0 spiro atoms. The first kappa shape index (κ1) is 16.5. The number of hydrogen-bond donors (Lipinski definition) is 0. The lowest BCUT2D eigenvalue weighted by atomic mass is 10.0. The Labute approximate surface area is 155 Å². The van der Waals surface area contributed by atoms with E-state index >= 15 is 0 Å². The molecule has 5 rings (SSSR count). The monoisotopic (exact) mass is 367 g/mol. The average Bonchev–Trinajstić information content (AvgIpc) is 2.63. The van der Waals surface area contributed by atoms with E-state index in [0.29, 0.717) is 17.2 Å². The Morgan fingerprint density at radius 3 is 1.64 bits per heavy atom. The highest BCUT2D eigenvalue weighted by Crippen LogP contribution is 2.35. The Morgan fingerprint density at radius 2 is 1.16 bits per heavy atom. The Kier molecular flexibility index (Phi) is 4.68. The Balaban J connectivity index is 1.79. The molecule has 2 aliphatic rings. The van der Waals surface area contributed by atoms with Gasteiger partial charge >= 0.3 is 0 Å². The molecule has 0 saturated heterocycles. The van der Waals surface area contributed by atoms with Gasteiger partial charge in [-0.25, -0.2) is 0 Å². The van der Waals surface area contributed by atoms with E-state index in [9.17, 15) is 10.1 Å². The molecular weight excluding hydrogens is 350 g/mol. The van der Waals surface area contributed by atoms with Crippen molar-refractivity contribution in [3.05, 3.63) is 87.0 Å². The summed E-state index contributed by atoms with van der Waals surface area (Å²) in [4.78, 5) is 11.4. The maximum absolute atomic E-state index is 11.6. The molecule has 2 aliphatic heterocycles. The van der Waals surface area contributed by atoms with Gasteiger partial charge in [0.1, 0.15) is 0 Å². The minimum atomic E-state index is -0.215. The lowest BCUT2D eigenvalue weighted by Crippen LogP contribution is -1.99. The van der Waals surface area contributed by atoms with Crippen molar-refractivity contribution in [2.45, 2.75) is 23.0 Å². The minimum absolute atomic E-state index is 0.215. The van der Waals surface area contributed by atoms with Crippen molar-refractivity contribution in [1.82, 2.24) is 0 Å². The van der Waals surface area contributed by atoms with Crippen molar-refractivity contribution in [3.8, 4) is 0 Å². The van der Waals surface area contributed by atoms with Gasteiger partial charge in [0, 0.05) is 34.1 Å². The largest absolute Gasteiger partial charge is 0.277 e. The first-order valence-electron chi connectivity index (χ1n) is 8.14. The van der Waals surface area contributed by atoms with Gasteiger partial charge in [0.25, 0.3) is 5.69 Å². The summed E-state index contributed by atoms with van der Waals surface area (Å²) >= 11 is 3.48. The molecule has 0 fully saturated rings. The van der Waals surface area contributed by atoms with Crippen molar-refractivity contribution < 1.29 is 4.92 Å². The second-order valence-electron chi connectivity index (χ2n) is 6.10. The first-order valence-corrected chi connectivity index (χ1v) is 10.4. The van der Waals surface area contributed by atoms with Gasteiger partial charge in [0.05, 0.1) is 4.92 Å². The van der Waals surface area contributed by atoms with E-state index in [1.807, 2.05) is 18.2 Å². The molecule has 126 valence electrons. The van der Waals surface area contributed by atoms with Gasteiger partial charge in [0.2, 0.25) is 0 Å². The number of hydrogen-bond acceptors (Lipinski definition) is 4. The molecule has 2 heterocycles. The molecule has 0 aromatic heterocycles. The van der Waals surface area contributed by atoms with Crippen LogP contribution in [0.3, 0.4) is 0 Å². The molecule has 3 aromatic rings. The van der Waals surface area contributed by atoms with E-state index in [1.165, 1.54) is 21.9 Å². The molecule has 0 unspecified atom stereocenters. The molecule has 0 saturated carbocycles. The predicted octanol–water partition coefficient (Wildman–Crippen LogP) is 5.93. The molecule has 0 amide bonds. The summed E-state index contributed by atoms with van der Waals surface area (Å²) < 4.78 is 0. The number of nitro groups is 1. The second-order valence-corrected chi connectivity index (χ2v) is 8.07.